The number of halogens is 2. The fraction of sp³-hybridized carbons (Fsp3) is 0.222. The molecule has 15 heavy (non-hydrogen) atoms. The molecule has 0 atom stereocenters. The normalized spacial score (nSPS) is 10.3. The average molecular weight is 234 g/mol. The zero-order valence-corrected chi connectivity index (χ0v) is 8.38. The molecular weight excluding hydrogens is 225 g/mol. The van der Waals surface area contributed by atoms with Crippen LogP contribution in [-0.2, 0) is 0 Å². The van der Waals surface area contributed by atoms with E-state index in [2.05, 4.69) is 0 Å². The van der Waals surface area contributed by atoms with Gasteiger partial charge in [-0.25, -0.2) is 4.39 Å². The molecule has 0 fully saturated rings. The first-order valence-electron chi connectivity index (χ1n) is 4.12. The van der Waals surface area contributed by atoms with E-state index in [0.717, 1.165) is 6.07 Å². The minimum absolute atomic E-state index is 0.0336. The molecule has 6 heteroatoms. The number of phenolic OH excluding ortho intramolecular Hbond substituents is 2. The molecule has 0 radical (unpaired) electrons. The van der Waals surface area contributed by atoms with Gasteiger partial charge in [0.1, 0.15) is 10.8 Å². The highest BCUT2D eigenvalue weighted by Gasteiger charge is 2.19. The van der Waals surface area contributed by atoms with Crippen molar-refractivity contribution in [3.8, 4) is 11.5 Å². The zero-order chi connectivity index (χ0) is 11.6. The second kappa shape index (κ2) is 4.46. The van der Waals surface area contributed by atoms with Gasteiger partial charge >= 0.3 is 0 Å². The molecule has 1 aromatic rings. The van der Waals surface area contributed by atoms with Crippen molar-refractivity contribution in [1.29, 1.82) is 0 Å². The fourth-order valence-corrected chi connectivity index (χ4v) is 1.27. The molecular formula is C9H9ClFNO3. The molecule has 0 amide bonds. The van der Waals surface area contributed by atoms with Crippen molar-refractivity contribution >= 4 is 17.4 Å². The number of carbonyl (C=O) groups excluding carboxylic acids is 1. The Kier molecular flexibility index (Phi) is 3.49. The van der Waals surface area contributed by atoms with Gasteiger partial charge in [-0.2, -0.15) is 0 Å². The summed E-state index contributed by atoms with van der Waals surface area (Å²) >= 11 is 5.41. The van der Waals surface area contributed by atoms with E-state index in [-0.39, 0.29) is 18.5 Å². The van der Waals surface area contributed by atoms with Crippen molar-refractivity contribution in [2.75, 3.05) is 6.54 Å². The maximum Gasteiger partial charge on any atom is 0.174 e. The first-order valence-corrected chi connectivity index (χ1v) is 4.50. The van der Waals surface area contributed by atoms with Crippen molar-refractivity contribution in [3.63, 3.8) is 0 Å². The number of phenols is 2. The van der Waals surface area contributed by atoms with E-state index in [1.54, 1.807) is 0 Å². The van der Waals surface area contributed by atoms with Crippen LogP contribution in [0.5, 0.6) is 11.5 Å². The summed E-state index contributed by atoms with van der Waals surface area (Å²) in [7, 11) is 0. The summed E-state index contributed by atoms with van der Waals surface area (Å²) < 4.78 is 13.0. The zero-order valence-electron chi connectivity index (χ0n) is 7.63. The first kappa shape index (κ1) is 11.7. The third kappa shape index (κ3) is 2.19. The summed E-state index contributed by atoms with van der Waals surface area (Å²) in [5.41, 5.74) is 4.87. The summed E-state index contributed by atoms with van der Waals surface area (Å²) in [6.45, 7) is 0.0817. The van der Waals surface area contributed by atoms with Gasteiger partial charge in [-0.1, -0.05) is 11.6 Å². The Labute approximate surface area is 90.1 Å². The SMILES string of the molecule is NCCC(=O)c1cc(F)c(O)c(Cl)c1O. The number of ketones is 1. The number of Topliss-reactive ketones (excluding diaryl/α,β-unsaturated/α-hetero) is 1. The lowest BCUT2D eigenvalue weighted by atomic mass is 10.1. The van der Waals surface area contributed by atoms with E-state index < -0.39 is 28.1 Å². The molecule has 82 valence electrons. The lowest BCUT2D eigenvalue weighted by Gasteiger charge is -2.07. The smallest absolute Gasteiger partial charge is 0.174 e. The number of nitrogens with two attached hydrogens (primary N) is 1. The minimum atomic E-state index is -1.06. The standard InChI is InChI=1S/C9H9ClFNO3/c10-7-8(14)4(6(13)1-2-12)3-5(11)9(7)15/h3,14-15H,1-2,12H2. The van der Waals surface area contributed by atoms with E-state index >= 15 is 0 Å². The molecule has 0 unspecified atom stereocenters. The van der Waals surface area contributed by atoms with Crippen molar-refractivity contribution in [1.82, 2.24) is 0 Å². The number of aromatic hydroxyl groups is 2. The van der Waals surface area contributed by atoms with Crippen LogP contribution < -0.4 is 5.73 Å². The number of hydrogen-bond acceptors (Lipinski definition) is 4. The van der Waals surface area contributed by atoms with E-state index in [1.807, 2.05) is 0 Å². The Morgan fingerprint density at radius 1 is 1.47 bits per heavy atom. The van der Waals surface area contributed by atoms with Crippen LogP contribution in [-0.4, -0.2) is 22.5 Å². The molecule has 0 aromatic heterocycles. The van der Waals surface area contributed by atoms with Crippen LogP contribution in [0.4, 0.5) is 4.39 Å². The molecule has 1 aromatic carbocycles. The predicted molar refractivity (Wildman–Crippen MR) is 52.7 cm³/mol. The minimum Gasteiger partial charge on any atom is -0.505 e. The first-order chi connectivity index (χ1) is 6.99. The molecule has 0 bridgehead atoms. The van der Waals surface area contributed by atoms with Gasteiger partial charge < -0.3 is 15.9 Å². The van der Waals surface area contributed by atoms with Gasteiger partial charge in [0.2, 0.25) is 0 Å². The number of hydrogen-bond donors (Lipinski definition) is 3. The largest absolute Gasteiger partial charge is 0.505 e. The maximum absolute atomic E-state index is 13.0. The lowest BCUT2D eigenvalue weighted by molar-refractivity contribution is 0.0982. The Morgan fingerprint density at radius 3 is 2.60 bits per heavy atom. The highest BCUT2D eigenvalue weighted by Crippen LogP contribution is 2.37. The highest BCUT2D eigenvalue weighted by molar-refractivity contribution is 6.34. The maximum atomic E-state index is 13.0. The molecule has 0 aliphatic carbocycles. The quantitative estimate of drug-likeness (QED) is 0.690. The highest BCUT2D eigenvalue weighted by atomic mass is 35.5. The summed E-state index contributed by atoms with van der Waals surface area (Å²) in [5.74, 6) is -3.10. The Hall–Kier alpha value is -1.33. The Bertz CT molecular complexity index is 409. The van der Waals surface area contributed by atoms with E-state index in [1.165, 1.54) is 0 Å². The van der Waals surface area contributed by atoms with Crippen LogP contribution in [0.25, 0.3) is 0 Å². The Balaban J connectivity index is 3.26. The van der Waals surface area contributed by atoms with Gasteiger partial charge in [-0.3, -0.25) is 4.79 Å². The third-order valence-electron chi connectivity index (χ3n) is 1.84. The van der Waals surface area contributed by atoms with Gasteiger partial charge in [0.25, 0.3) is 0 Å². The van der Waals surface area contributed by atoms with Gasteiger partial charge in [0.15, 0.2) is 17.3 Å². The molecule has 0 spiro atoms. The van der Waals surface area contributed by atoms with Crippen LogP contribution in [0.3, 0.4) is 0 Å². The molecule has 0 aliphatic heterocycles. The van der Waals surface area contributed by atoms with Gasteiger partial charge in [-0.05, 0) is 12.6 Å². The Morgan fingerprint density at radius 2 is 2.07 bits per heavy atom. The fourth-order valence-electron chi connectivity index (χ4n) is 1.08. The topological polar surface area (TPSA) is 83.6 Å². The molecule has 0 aliphatic rings. The summed E-state index contributed by atoms with van der Waals surface area (Å²) in [6.07, 6.45) is -0.0336. The lowest BCUT2D eigenvalue weighted by Crippen LogP contribution is -2.08. The van der Waals surface area contributed by atoms with E-state index in [4.69, 9.17) is 22.4 Å². The molecule has 0 saturated carbocycles. The molecule has 0 saturated heterocycles. The van der Waals surface area contributed by atoms with Crippen LogP contribution in [0.2, 0.25) is 5.02 Å². The molecule has 4 nitrogen and oxygen atoms in total. The van der Waals surface area contributed by atoms with Gasteiger partial charge in [0.05, 0.1) is 5.56 Å². The second-order valence-electron chi connectivity index (χ2n) is 2.88. The number of rotatable bonds is 3. The van der Waals surface area contributed by atoms with Crippen LogP contribution in [0.15, 0.2) is 6.07 Å². The summed E-state index contributed by atoms with van der Waals surface area (Å²) in [4.78, 5) is 11.3. The summed E-state index contributed by atoms with van der Waals surface area (Å²) in [5, 5.41) is 17.8. The average Bonchev–Trinajstić information content (AvgIpc) is 2.20. The second-order valence-corrected chi connectivity index (χ2v) is 3.26. The molecule has 4 N–H and O–H groups in total. The summed E-state index contributed by atoms with van der Waals surface area (Å²) in [6, 6.07) is 0.731. The monoisotopic (exact) mass is 233 g/mol. The number of benzene rings is 1. The van der Waals surface area contributed by atoms with Crippen molar-refractivity contribution in [2.45, 2.75) is 6.42 Å². The van der Waals surface area contributed by atoms with Crippen LogP contribution >= 0.6 is 11.6 Å². The number of carbonyl (C=O) groups is 1. The third-order valence-corrected chi connectivity index (χ3v) is 2.20. The predicted octanol–water partition coefficient (Wildman–Crippen LogP) is 1.42. The van der Waals surface area contributed by atoms with Gasteiger partial charge in [0, 0.05) is 6.42 Å². The molecule has 1 rings (SSSR count). The van der Waals surface area contributed by atoms with Crippen molar-refractivity contribution < 1.29 is 19.4 Å². The van der Waals surface area contributed by atoms with E-state index in [9.17, 15) is 14.3 Å². The van der Waals surface area contributed by atoms with Crippen molar-refractivity contribution in [2.24, 2.45) is 5.73 Å². The van der Waals surface area contributed by atoms with E-state index in [0.29, 0.717) is 0 Å². The van der Waals surface area contributed by atoms with Crippen LogP contribution in [0, 0.1) is 5.82 Å². The van der Waals surface area contributed by atoms with Crippen LogP contribution in [0.1, 0.15) is 16.8 Å². The molecule has 0 heterocycles. The van der Waals surface area contributed by atoms with Gasteiger partial charge in [-0.15, -0.1) is 0 Å². The van der Waals surface area contributed by atoms with Crippen molar-refractivity contribution in [3.05, 3.63) is 22.5 Å².